The molecular weight excluding hydrogens is 389 g/mol. The molecule has 8 nitrogen and oxygen atoms in total. The first kappa shape index (κ1) is 19.8. The van der Waals surface area contributed by atoms with E-state index in [2.05, 4.69) is 10.7 Å². The summed E-state index contributed by atoms with van der Waals surface area (Å²) in [5.74, 6) is -2.16. The Morgan fingerprint density at radius 3 is 2.43 bits per heavy atom. The van der Waals surface area contributed by atoms with Gasteiger partial charge in [0.25, 0.3) is 0 Å². The predicted molar refractivity (Wildman–Crippen MR) is 107 cm³/mol. The molecule has 0 spiro atoms. The largest absolute Gasteiger partial charge is 0.354 e. The fourth-order valence-corrected chi connectivity index (χ4v) is 3.63. The normalized spacial score (nSPS) is 18.6. The van der Waals surface area contributed by atoms with Crippen molar-refractivity contribution in [3.8, 4) is 0 Å². The summed E-state index contributed by atoms with van der Waals surface area (Å²) in [6, 6.07) is 15.6. The maximum atomic E-state index is 13.2. The molecule has 2 aliphatic heterocycles. The average molecular weight is 411 g/mol. The van der Waals surface area contributed by atoms with Crippen molar-refractivity contribution >= 4 is 23.4 Å². The highest BCUT2D eigenvalue weighted by molar-refractivity contribution is 6.35. The zero-order valence-electron chi connectivity index (χ0n) is 16.3. The number of nitrogens with one attached hydrogen (secondary N) is 2. The molecule has 0 radical (unpaired) electrons. The Kier molecular flexibility index (Phi) is 5.62. The third-order valence-corrected chi connectivity index (χ3v) is 5.17. The van der Waals surface area contributed by atoms with Gasteiger partial charge in [0, 0.05) is 25.3 Å². The van der Waals surface area contributed by atoms with Crippen LogP contribution in [-0.2, 0) is 20.8 Å². The lowest BCUT2D eigenvalue weighted by atomic mass is 10.1. The number of hydrogen-bond acceptors (Lipinski definition) is 5. The number of hydrogen-bond donors (Lipinski definition) is 2. The summed E-state index contributed by atoms with van der Waals surface area (Å²) in [6.07, 6.45) is 0.0551. The van der Waals surface area contributed by atoms with Gasteiger partial charge in [0.15, 0.2) is 6.29 Å². The van der Waals surface area contributed by atoms with Gasteiger partial charge in [-0.3, -0.25) is 24.3 Å². The molecule has 2 aromatic carbocycles. The molecule has 156 valence electrons. The predicted octanol–water partition coefficient (Wildman–Crippen LogP) is 0.464. The van der Waals surface area contributed by atoms with Gasteiger partial charge in [-0.25, -0.2) is 4.39 Å². The van der Waals surface area contributed by atoms with Crippen LogP contribution in [0.5, 0.6) is 0 Å². The smallest absolute Gasteiger partial charge is 0.326 e. The highest BCUT2D eigenvalue weighted by atomic mass is 19.1. The van der Waals surface area contributed by atoms with Crippen molar-refractivity contribution in [1.29, 1.82) is 0 Å². The first-order valence-corrected chi connectivity index (χ1v) is 9.74. The third-order valence-electron chi connectivity index (χ3n) is 5.17. The van der Waals surface area contributed by atoms with E-state index in [1.165, 1.54) is 17.0 Å². The average Bonchev–Trinajstić information content (AvgIpc) is 3.17. The van der Waals surface area contributed by atoms with Crippen LogP contribution in [0.3, 0.4) is 0 Å². The van der Waals surface area contributed by atoms with Crippen LogP contribution in [0.4, 0.5) is 10.1 Å². The van der Waals surface area contributed by atoms with Crippen LogP contribution in [0.25, 0.3) is 0 Å². The van der Waals surface area contributed by atoms with Gasteiger partial charge in [-0.2, -0.15) is 5.43 Å². The van der Waals surface area contributed by atoms with Gasteiger partial charge in [-0.05, 0) is 36.2 Å². The number of benzene rings is 2. The molecule has 2 heterocycles. The number of halogens is 1. The van der Waals surface area contributed by atoms with Crippen LogP contribution >= 0.6 is 0 Å². The Morgan fingerprint density at radius 1 is 1.00 bits per heavy atom. The minimum atomic E-state index is -0.773. The Balaban J connectivity index is 1.37. The molecule has 9 heteroatoms. The molecule has 2 saturated heterocycles. The maximum Gasteiger partial charge on any atom is 0.326 e. The van der Waals surface area contributed by atoms with Crippen molar-refractivity contribution in [1.82, 2.24) is 20.7 Å². The van der Waals surface area contributed by atoms with Gasteiger partial charge < -0.3 is 10.2 Å². The summed E-state index contributed by atoms with van der Waals surface area (Å²) in [6.45, 7) is 0.993. The summed E-state index contributed by atoms with van der Waals surface area (Å²) < 4.78 is 13.2. The van der Waals surface area contributed by atoms with E-state index in [-0.39, 0.29) is 18.3 Å². The van der Waals surface area contributed by atoms with Gasteiger partial charge in [-0.15, -0.1) is 0 Å². The molecule has 0 saturated carbocycles. The topological polar surface area (TPSA) is 85.0 Å². The van der Waals surface area contributed by atoms with E-state index in [1.54, 1.807) is 12.1 Å². The second kappa shape index (κ2) is 8.50. The van der Waals surface area contributed by atoms with Gasteiger partial charge in [0.1, 0.15) is 12.4 Å². The zero-order chi connectivity index (χ0) is 21.1. The molecular formula is C21H22FN5O3. The zero-order valence-corrected chi connectivity index (χ0v) is 16.3. The van der Waals surface area contributed by atoms with Crippen molar-refractivity contribution < 1.29 is 18.8 Å². The van der Waals surface area contributed by atoms with Gasteiger partial charge in [-0.1, -0.05) is 30.3 Å². The highest BCUT2D eigenvalue weighted by Crippen LogP contribution is 2.25. The number of amides is 3. The first-order chi connectivity index (χ1) is 14.5. The van der Waals surface area contributed by atoms with Crippen LogP contribution in [0.2, 0.25) is 0 Å². The number of anilines is 1. The summed E-state index contributed by atoms with van der Waals surface area (Å²) >= 11 is 0. The lowest BCUT2D eigenvalue weighted by Gasteiger charge is -2.40. The molecule has 2 aromatic rings. The van der Waals surface area contributed by atoms with E-state index in [0.717, 1.165) is 10.6 Å². The number of hydrazine groups is 1. The van der Waals surface area contributed by atoms with Gasteiger partial charge in [0.05, 0.1) is 0 Å². The molecule has 30 heavy (non-hydrogen) atoms. The lowest BCUT2D eigenvalue weighted by Crippen LogP contribution is -2.68. The fourth-order valence-electron chi connectivity index (χ4n) is 3.63. The SMILES string of the molecule is O=C(CN1NC2N(CCN2c2ccc(F)cc2)C(=O)C1=O)NCCc1ccccc1. The molecule has 2 aliphatic rings. The van der Waals surface area contributed by atoms with E-state index in [0.29, 0.717) is 31.7 Å². The van der Waals surface area contributed by atoms with Gasteiger partial charge >= 0.3 is 11.8 Å². The van der Waals surface area contributed by atoms with Crippen molar-refractivity contribution in [3.05, 3.63) is 66.0 Å². The number of fused-ring (bicyclic) bond motifs is 1. The molecule has 1 unspecified atom stereocenters. The van der Waals surface area contributed by atoms with Crippen molar-refractivity contribution in [2.24, 2.45) is 0 Å². The minimum absolute atomic E-state index is 0.277. The van der Waals surface area contributed by atoms with Crippen LogP contribution in [0.1, 0.15) is 5.56 Å². The van der Waals surface area contributed by atoms with Crippen LogP contribution < -0.4 is 15.6 Å². The Hall–Kier alpha value is -3.46. The van der Waals surface area contributed by atoms with Crippen LogP contribution in [-0.4, -0.2) is 60.1 Å². The van der Waals surface area contributed by atoms with E-state index < -0.39 is 18.1 Å². The number of rotatable bonds is 6. The molecule has 4 rings (SSSR count). The molecule has 3 amide bonds. The summed E-state index contributed by atoms with van der Waals surface area (Å²) in [7, 11) is 0. The third kappa shape index (κ3) is 4.11. The molecule has 0 aromatic heterocycles. The Morgan fingerprint density at radius 2 is 1.70 bits per heavy atom. The monoisotopic (exact) mass is 411 g/mol. The standard InChI is InChI=1S/C21H22FN5O3/c22-16-6-8-17(9-7-16)25-12-13-26-19(29)20(30)27(24-21(25)26)14-18(28)23-11-10-15-4-2-1-3-5-15/h1-9,21,24H,10-14H2,(H,23,28). The number of carbonyl (C=O) groups excluding carboxylic acids is 3. The number of carbonyl (C=O) groups is 3. The van der Waals surface area contributed by atoms with E-state index in [1.807, 2.05) is 35.2 Å². The lowest BCUT2D eigenvalue weighted by molar-refractivity contribution is -0.163. The van der Waals surface area contributed by atoms with Crippen molar-refractivity contribution in [2.45, 2.75) is 12.7 Å². The van der Waals surface area contributed by atoms with Gasteiger partial charge in [0.2, 0.25) is 5.91 Å². The molecule has 2 N–H and O–H groups in total. The first-order valence-electron chi connectivity index (χ1n) is 9.74. The summed E-state index contributed by atoms with van der Waals surface area (Å²) in [4.78, 5) is 40.5. The Bertz CT molecular complexity index is 937. The van der Waals surface area contributed by atoms with E-state index >= 15 is 0 Å². The second-order valence-corrected chi connectivity index (χ2v) is 7.15. The molecule has 1 atom stereocenters. The molecule has 0 aliphatic carbocycles. The highest BCUT2D eigenvalue weighted by Gasteiger charge is 2.45. The summed E-state index contributed by atoms with van der Waals surface area (Å²) in [5, 5.41) is 3.81. The Labute approximate surface area is 173 Å². The van der Waals surface area contributed by atoms with E-state index in [9.17, 15) is 18.8 Å². The quantitative estimate of drug-likeness (QED) is 0.675. The van der Waals surface area contributed by atoms with Crippen LogP contribution in [0, 0.1) is 5.82 Å². The second-order valence-electron chi connectivity index (χ2n) is 7.15. The number of nitrogens with zero attached hydrogens (tertiary/aromatic N) is 3. The molecule has 2 fully saturated rings. The summed E-state index contributed by atoms with van der Waals surface area (Å²) in [5.41, 5.74) is 4.77. The maximum absolute atomic E-state index is 13.2. The van der Waals surface area contributed by atoms with Crippen LogP contribution in [0.15, 0.2) is 54.6 Å². The minimum Gasteiger partial charge on any atom is -0.354 e. The fraction of sp³-hybridized carbons (Fsp3) is 0.286. The molecule has 0 bridgehead atoms. The van der Waals surface area contributed by atoms with Crippen molar-refractivity contribution in [2.75, 3.05) is 31.1 Å². The van der Waals surface area contributed by atoms with Crippen molar-refractivity contribution in [3.63, 3.8) is 0 Å². The van der Waals surface area contributed by atoms with E-state index in [4.69, 9.17) is 0 Å².